The summed E-state index contributed by atoms with van der Waals surface area (Å²) in [5.41, 5.74) is 2.62. The third kappa shape index (κ3) is 3.57. The summed E-state index contributed by atoms with van der Waals surface area (Å²) in [7, 11) is 0. The molecule has 3 nitrogen and oxygen atoms in total. The SMILES string of the molecule is Cc1ccccc1CCNC(=O)C1CCNCC1. The van der Waals surface area contributed by atoms with Crippen LogP contribution in [0.15, 0.2) is 24.3 Å². The number of carbonyl (C=O) groups is 1. The lowest BCUT2D eigenvalue weighted by molar-refractivity contribution is -0.125. The first kappa shape index (κ1) is 13.1. The molecule has 2 rings (SSSR count). The quantitative estimate of drug-likeness (QED) is 0.848. The Balaban J connectivity index is 1.75. The topological polar surface area (TPSA) is 41.1 Å². The van der Waals surface area contributed by atoms with Crippen LogP contribution >= 0.6 is 0 Å². The number of nitrogens with one attached hydrogen (secondary N) is 2. The number of rotatable bonds is 4. The average Bonchev–Trinajstić information content (AvgIpc) is 2.42. The Hall–Kier alpha value is -1.35. The minimum absolute atomic E-state index is 0.211. The summed E-state index contributed by atoms with van der Waals surface area (Å²) in [5.74, 6) is 0.438. The lowest BCUT2D eigenvalue weighted by Gasteiger charge is -2.21. The maximum atomic E-state index is 11.9. The second-order valence-corrected chi connectivity index (χ2v) is 4.99. The van der Waals surface area contributed by atoms with Gasteiger partial charge in [-0.15, -0.1) is 0 Å². The van der Waals surface area contributed by atoms with Crippen LogP contribution in [0.1, 0.15) is 24.0 Å². The second-order valence-electron chi connectivity index (χ2n) is 4.99. The molecule has 98 valence electrons. The van der Waals surface area contributed by atoms with Crippen molar-refractivity contribution < 1.29 is 4.79 Å². The van der Waals surface area contributed by atoms with Crippen molar-refractivity contribution in [3.05, 3.63) is 35.4 Å². The van der Waals surface area contributed by atoms with E-state index in [0.717, 1.165) is 38.9 Å². The Bertz CT molecular complexity index is 397. The Morgan fingerprint density at radius 1 is 1.33 bits per heavy atom. The molecule has 0 unspecified atom stereocenters. The van der Waals surface area contributed by atoms with Gasteiger partial charge in [0.1, 0.15) is 0 Å². The largest absolute Gasteiger partial charge is 0.356 e. The first-order chi connectivity index (χ1) is 8.77. The number of piperidine rings is 1. The van der Waals surface area contributed by atoms with Gasteiger partial charge in [0.25, 0.3) is 0 Å². The molecule has 0 spiro atoms. The van der Waals surface area contributed by atoms with Gasteiger partial charge in [0, 0.05) is 12.5 Å². The molecule has 18 heavy (non-hydrogen) atoms. The van der Waals surface area contributed by atoms with Gasteiger partial charge in [-0.05, 0) is 50.4 Å². The van der Waals surface area contributed by atoms with Gasteiger partial charge in [0.15, 0.2) is 0 Å². The van der Waals surface area contributed by atoms with Gasteiger partial charge in [-0.1, -0.05) is 24.3 Å². The summed E-state index contributed by atoms with van der Waals surface area (Å²) < 4.78 is 0. The molecule has 0 aliphatic carbocycles. The molecule has 0 atom stereocenters. The van der Waals surface area contributed by atoms with Crippen molar-refractivity contribution in [1.82, 2.24) is 10.6 Å². The molecule has 1 aromatic carbocycles. The minimum Gasteiger partial charge on any atom is -0.356 e. The molecule has 3 heteroatoms. The Kier molecular flexibility index (Phi) is 4.76. The van der Waals surface area contributed by atoms with Gasteiger partial charge < -0.3 is 10.6 Å². The number of aryl methyl sites for hydroxylation is 1. The molecule has 1 aromatic rings. The van der Waals surface area contributed by atoms with Crippen LogP contribution in [0.4, 0.5) is 0 Å². The molecule has 1 fully saturated rings. The molecular formula is C15H22N2O. The third-order valence-electron chi connectivity index (χ3n) is 3.66. The highest BCUT2D eigenvalue weighted by Gasteiger charge is 2.20. The van der Waals surface area contributed by atoms with E-state index in [1.165, 1.54) is 11.1 Å². The molecule has 1 aliphatic rings. The van der Waals surface area contributed by atoms with Gasteiger partial charge in [-0.3, -0.25) is 4.79 Å². The molecule has 2 N–H and O–H groups in total. The van der Waals surface area contributed by atoms with E-state index >= 15 is 0 Å². The van der Waals surface area contributed by atoms with Crippen LogP contribution in [0, 0.1) is 12.8 Å². The zero-order valence-electron chi connectivity index (χ0n) is 11.0. The number of hydrogen-bond acceptors (Lipinski definition) is 2. The predicted octanol–water partition coefficient (Wildman–Crippen LogP) is 1.65. The van der Waals surface area contributed by atoms with E-state index in [1.54, 1.807) is 0 Å². The third-order valence-corrected chi connectivity index (χ3v) is 3.66. The van der Waals surface area contributed by atoms with Crippen LogP contribution in [0.5, 0.6) is 0 Å². The average molecular weight is 246 g/mol. The van der Waals surface area contributed by atoms with Gasteiger partial charge >= 0.3 is 0 Å². The number of amides is 1. The van der Waals surface area contributed by atoms with E-state index in [4.69, 9.17) is 0 Å². The molecule has 1 amide bonds. The van der Waals surface area contributed by atoms with Gasteiger partial charge in [0.2, 0.25) is 5.91 Å². The highest BCUT2D eigenvalue weighted by molar-refractivity contribution is 5.78. The first-order valence-electron chi connectivity index (χ1n) is 6.80. The second kappa shape index (κ2) is 6.55. The molecule has 1 aliphatic heterocycles. The highest BCUT2D eigenvalue weighted by Crippen LogP contribution is 2.11. The Morgan fingerprint density at radius 2 is 2.06 bits per heavy atom. The Morgan fingerprint density at radius 3 is 2.78 bits per heavy atom. The van der Waals surface area contributed by atoms with Crippen molar-refractivity contribution in [2.24, 2.45) is 5.92 Å². The molecule has 0 radical (unpaired) electrons. The van der Waals surface area contributed by atoms with Crippen molar-refractivity contribution in [2.45, 2.75) is 26.2 Å². The maximum absolute atomic E-state index is 11.9. The fraction of sp³-hybridized carbons (Fsp3) is 0.533. The fourth-order valence-electron chi connectivity index (χ4n) is 2.44. The summed E-state index contributed by atoms with van der Waals surface area (Å²) in [6, 6.07) is 8.35. The van der Waals surface area contributed by atoms with Crippen LogP contribution in [0.3, 0.4) is 0 Å². The van der Waals surface area contributed by atoms with Crippen LogP contribution in [-0.4, -0.2) is 25.5 Å². The highest BCUT2D eigenvalue weighted by atomic mass is 16.1. The first-order valence-corrected chi connectivity index (χ1v) is 6.80. The molecule has 0 aromatic heterocycles. The molecule has 1 heterocycles. The van der Waals surface area contributed by atoms with Crippen LogP contribution < -0.4 is 10.6 Å². The molecule has 0 saturated carbocycles. The fourth-order valence-corrected chi connectivity index (χ4v) is 2.44. The van der Waals surface area contributed by atoms with Crippen molar-refractivity contribution in [2.75, 3.05) is 19.6 Å². The summed E-state index contributed by atoms with van der Waals surface area (Å²) in [5, 5.41) is 6.34. The summed E-state index contributed by atoms with van der Waals surface area (Å²) in [6.07, 6.45) is 2.86. The van der Waals surface area contributed by atoms with E-state index in [9.17, 15) is 4.79 Å². The maximum Gasteiger partial charge on any atom is 0.223 e. The monoisotopic (exact) mass is 246 g/mol. The summed E-state index contributed by atoms with van der Waals surface area (Å²) >= 11 is 0. The standard InChI is InChI=1S/C15H22N2O/c1-12-4-2-3-5-13(12)8-11-17-15(18)14-6-9-16-10-7-14/h2-5,14,16H,6-11H2,1H3,(H,17,18). The lowest BCUT2D eigenvalue weighted by atomic mass is 9.97. The van der Waals surface area contributed by atoms with E-state index in [1.807, 2.05) is 6.07 Å². The number of hydrogen-bond donors (Lipinski definition) is 2. The molecule has 0 bridgehead atoms. The predicted molar refractivity (Wildman–Crippen MR) is 73.5 cm³/mol. The van der Waals surface area contributed by atoms with Crippen molar-refractivity contribution in [1.29, 1.82) is 0 Å². The van der Waals surface area contributed by atoms with E-state index < -0.39 is 0 Å². The van der Waals surface area contributed by atoms with Crippen molar-refractivity contribution >= 4 is 5.91 Å². The molecular weight excluding hydrogens is 224 g/mol. The smallest absolute Gasteiger partial charge is 0.223 e. The van der Waals surface area contributed by atoms with Gasteiger partial charge in [-0.2, -0.15) is 0 Å². The zero-order valence-corrected chi connectivity index (χ0v) is 11.0. The van der Waals surface area contributed by atoms with Crippen molar-refractivity contribution in [3.63, 3.8) is 0 Å². The molecule has 1 saturated heterocycles. The van der Waals surface area contributed by atoms with Crippen LogP contribution in [-0.2, 0) is 11.2 Å². The van der Waals surface area contributed by atoms with Crippen LogP contribution in [0.25, 0.3) is 0 Å². The summed E-state index contributed by atoms with van der Waals surface area (Å²) in [6.45, 7) is 4.79. The lowest BCUT2D eigenvalue weighted by Crippen LogP contribution is -2.38. The minimum atomic E-state index is 0.211. The normalized spacial score (nSPS) is 16.5. The van der Waals surface area contributed by atoms with Crippen LogP contribution in [0.2, 0.25) is 0 Å². The van der Waals surface area contributed by atoms with E-state index in [-0.39, 0.29) is 11.8 Å². The Labute approximate surface area is 109 Å². The number of benzene rings is 1. The van der Waals surface area contributed by atoms with E-state index in [0.29, 0.717) is 0 Å². The number of carbonyl (C=O) groups excluding carboxylic acids is 1. The van der Waals surface area contributed by atoms with Crippen molar-refractivity contribution in [3.8, 4) is 0 Å². The summed E-state index contributed by atoms with van der Waals surface area (Å²) in [4.78, 5) is 11.9. The van der Waals surface area contributed by atoms with Gasteiger partial charge in [0.05, 0.1) is 0 Å². The van der Waals surface area contributed by atoms with E-state index in [2.05, 4.69) is 35.8 Å². The zero-order chi connectivity index (χ0) is 12.8. The van der Waals surface area contributed by atoms with Gasteiger partial charge in [-0.25, -0.2) is 0 Å².